The molecule has 0 amide bonds. The van der Waals surface area contributed by atoms with Crippen LogP contribution in [0.2, 0.25) is 0 Å². The summed E-state index contributed by atoms with van der Waals surface area (Å²) >= 11 is 4.24. The van der Waals surface area contributed by atoms with Gasteiger partial charge >= 0.3 is 0 Å². The second-order valence-corrected chi connectivity index (χ2v) is 3.39. The summed E-state index contributed by atoms with van der Waals surface area (Å²) in [5, 5.41) is 0. The Balaban J connectivity index is 2.61. The molecule has 1 aromatic carbocycles. The first kappa shape index (κ1) is 10.2. The molecule has 1 rings (SSSR count). The Bertz CT molecular complexity index is 294. The second kappa shape index (κ2) is 4.97. The van der Waals surface area contributed by atoms with Crippen LogP contribution in [0.4, 0.5) is 0 Å². The molecular formula is C11H14OS. The van der Waals surface area contributed by atoms with Crippen LogP contribution in [0.3, 0.4) is 0 Å². The number of ether oxygens (including phenoxy) is 1. The van der Waals surface area contributed by atoms with E-state index in [2.05, 4.69) is 19.2 Å². The molecule has 0 atom stereocenters. The third kappa shape index (κ3) is 3.15. The van der Waals surface area contributed by atoms with E-state index < -0.39 is 0 Å². The Hall–Kier alpha value is -0.890. The minimum atomic E-state index is 0.691. The molecule has 0 aromatic heterocycles. The Kier molecular flexibility index (Phi) is 3.90. The summed E-state index contributed by atoms with van der Waals surface area (Å²) in [5.41, 5.74) is 1.12. The van der Waals surface area contributed by atoms with Crippen molar-refractivity contribution in [3.8, 4) is 5.75 Å². The van der Waals surface area contributed by atoms with Crippen molar-refractivity contribution in [1.29, 1.82) is 0 Å². The van der Waals surface area contributed by atoms with Crippen molar-refractivity contribution < 1.29 is 4.74 Å². The molecule has 0 aliphatic carbocycles. The topological polar surface area (TPSA) is 9.23 Å². The van der Waals surface area contributed by atoms with Crippen molar-refractivity contribution in [3.05, 3.63) is 36.4 Å². The molecule has 0 unspecified atom stereocenters. The van der Waals surface area contributed by atoms with Gasteiger partial charge in [0.15, 0.2) is 0 Å². The third-order valence-corrected chi connectivity index (χ3v) is 2.02. The number of benzene rings is 1. The van der Waals surface area contributed by atoms with Gasteiger partial charge < -0.3 is 4.74 Å². The van der Waals surface area contributed by atoms with E-state index in [1.54, 1.807) is 0 Å². The summed E-state index contributed by atoms with van der Waals surface area (Å²) in [6.07, 6.45) is 2.73. The van der Waals surface area contributed by atoms with Crippen LogP contribution in [0.15, 0.2) is 35.7 Å². The Morgan fingerprint density at radius 1 is 1.54 bits per heavy atom. The van der Waals surface area contributed by atoms with Crippen molar-refractivity contribution >= 4 is 12.6 Å². The van der Waals surface area contributed by atoms with E-state index in [0.717, 1.165) is 22.6 Å². The van der Waals surface area contributed by atoms with Gasteiger partial charge in [0.05, 0.1) is 6.61 Å². The molecule has 0 radical (unpaired) electrons. The summed E-state index contributed by atoms with van der Waals surface area (Å²) in [6, 6.07) is 5.87. The fraction of sp³-hybridized carbons (Fsp3) is 0.273. The lowest BCUT2D eigenvalue weighted by atomic mass is 10.2. The highest BCUT2D eigenvalue weighted by molar-refractivity contribution is 7.80. The molecule has 0 saturated carbocycles. The molecule has 0 bridgehead atoms. The van der Waals surface area contributed by atoms with Crippen LogP contribution >= 0.6 is 12.6 Å². The zero-order valence-electron chi connectivity index (χ0n) is 7.79. The molecular weight excluding hydrogens is 180 g/mol. The average molecular weight is 194 g/mol. The van der Waals surface area contributed by atoms with E-state index >= 15 is 0 Å². The van der Waals surface area contributed by atoms with Crippen LogP contribution in [0, 0.1) is 6.92 Å². The first-order valence-corrected chi connectivity index (χ1v) is 4.72. The van der Waals surface area contributed by atoms with Gasteiger partial charge in [-0.2, -0.15) is 0 Å². The Morgan fingerprint density at radius 2 is 2.31 bits per heavy atom. The normalized spacial score (nSPS) is 9.69. The molecule has 1 nitrogen and oxygen atoms in total. The van der Waals surface area contributed by atoms with Crippen molar-refractivity contribution in [2.45, 2.75) is 18.2 Å². The van der Waals surface area contributed by atoms with Gasteiger partial charge in [0.25, 0.3) is 0 Å². The number of thiol groups is 1. The van der Waals surface area contributed by atoms with Gasteiger partial charge in [-0.05, 0) is 37.1 Å². The van der Waals surface area contributed by atoms with E-state index in [1.165, 1.54) is 0 Å². The molecule has 70 valence electrons. The SMILES string of the molecule is C=CCCOc1ccc(S)cc1C. The van der Waals surface area contributed by atoms with Crippen LogP contribution in [0.1, 0.15) is 12.0 Å². The van der Waals surface area contributed by atoms with Crippen molar-refractivity contribution in [2.75, 3.05) is 6.61 Å². The first-order valence-electron chi connectivity index (χ1n) is 4.27. The van der Waals surface area contributed by atoms with E-state index in [9.17, 15) is 0 Å². The zero-order chi connectivity index (χ0) is 9.68. The molecule has 0 fully saturated rings. The maximum Gasteiger partial charge on any atom is 0.122 e. The van der Waals surface area contributed by atoms with Crippen molar-refractivity contribution in [1.82, 2.24) is 0 Å². The van der Waals surface area contributed by atoms with Crippen LogP contribution in [0.25, 0.3) is 0 Å². The molecule has 0 heterocycles. The van der Waals surface area contributed by atoms with E-state index in [0.29, 0.717) is 6.61 Å². The van der Waals surface area contributed by atoms with E-state index in [4.69, 9.17) is 4.74 Å². The van der Waals surface area contributed by atoms with Crippen LogP contribution in [-0.2, 0) is 0 Å². The summed E-state index contributed by atoms with van der Waals surface area (Å²) in [4.78, 5) is 0.966. The van der Waals surface area contributed by atoms with Gasteiger partial charge in [0, 0.05) is 4.90 Å². The highest BCUT2D eigenvalue weighted by Crippen LogP contribution is 2.20. The van der Waals surface area contributed by atoms with E-state index in [-0.39, 0.29) is 0 Å². The molecule has 0 spiro atoms. The lowest BCUT2D eigenvalue weighted by Gasteiger charge is -2.07. The smallest absolute Gasteiger partial charge is 0.122 e. The monoisotopic (exact) mass is 194 g/mol. The van der Waals surface area contributed by atoms with Gasteiger partial charge in [-0.1, -0.05) is 6.08 Å². The third-order valence-electron chi connectivity index (χ3n) is 1.74. The largest absolute Gasteiger partial charge is 0.493 e. The Labute approximate surface area is 84.8 Å². The predicted molar refractivity (Wildman–Crippen MR) is 58.7 cm³/mol. The number of rotatable bonds is 4. The zero-order valence-corrected chi connectivity index (χ0v) is 8.68. The average Bonchev–Trinajstić information content (AvgIpc) is 2.09. The fourth-order valence-electron chi connectivity index (χ4n) is 1.05. The van der Waals surface area contributed by atoms with Crippen molar-refractivity contribution in [2.24, 2.45) is 0 Å². The standard InChI is InChI=1S/C11H14OS/c1-3-4-7-12-11-6-5-10(13)8-9(11)2/h3,5-6,8,13H,1,4,7H2,2H3. The molecule has 2 heteroatoms. The molecule has 1 aromatic rings. The van der Waals surface area contributed by atoms with Gasteiger partial charge in [0.1, 0.15) is 5.75 Å². The quantitative estimate of drug-likeness (QED) is 0.440. The van der Waals surface area contributed by atoms with E-state index in [1.807, 2.05) is 31.2 Å². The highest BCUT2D eigenvalue weighted by atomic mass is 32.1. The highest BCUT2D eigenvalue weighted by Gasteiger charge is 1.98. The predicted octanol–water partition coefficient (Wildman–Crippen LogP) is 3.24. The van der Waals surface area contributed by atoms with Gasteiger partial charge in [-0.3, -0.25) is 0 Å². The summed E-state index contributed by atoms with van der Waals surface area (Å²) in [5.74, 6) is 0.930. The van der Waals surface area contributed by atoms with Crippen LogP contribution in [0.5, 0.6) is 5.75 Å². The maximum absolute atomic E-state index is 5.53. The van der Waals surface area contributed by atoms with Crippen LogP contribution < -0.4 is 4.74 Å². The number of aryl methyl sites for hydroxylation is 1. The number of hydrogen-bond acceptors (Lipinski definition) is 2. The van der Waals surface area contributed by atoms with Crippen LogP contribution in [-0.4, -0.2) is 6.61 Å². The van der Waals surface area contributed by atoms with Crippen molar-refractivity contribution in [3.63, 3.8) is 0 Å². The molecule has 0 aliphatic heterocycles. The maximum atomic E-state index is 5.53. The lowest BCUT2D eigenvalue weighted by molar-refractivity contribution is 0.322. The summed E-state index contributed by atoms with van der Waals surface area (Å²) in [7, 11) is 0. The second-order valence-electron chi connectivity index (χ2n) is 2.88. The molecule has 0 saturated heterocycles. The minimum Gasteiger partial charge on any atom is -0.493 e. The minimum absolute atomic E-state index is 0.691. The first-order chi connectivity index (χ1) is 6.24. The van der Waals surface area contributed by atoms with Gasteiger partial charge in [-0.25, -0.2) is 0 Å². The van der Waals surface area contributed by atoms with Gasteiger partial charge in [0.2, 0.25) is 0 Å². The molecule has 0 N–H and O–H groups in total. The summed E-state index contributed by atoms with van der Waals surface area (Å²) in [6.45, 7) is 6.34. The molecule has 13 heavy (non-hydrogen) atoms. The number of hydrogen-bond donors (Lipinski definition) is 1. The lowest BCUT2D eigenvalue weighted by Crippen LogP contribution is -1.96. The fourth-order valence-corrected chi connectivity index (χ4v) is 1.32. The Morgan fingerprint density at radius 3 is 2.92 bits per heavy atom. The van der Waals surface area contributed by atoms with Gasteiger partial charge in [-0.15, -0.1) is 19.2 Å². The molecule has 0 aliphatic rings. The summed E-state index contributed by atoms with van der Waals surface area (Å²) < 4.78 is 5.53.